The van der Waals surface area contributed by atoms with Crippen LogP contribution in [0.25, 0.3) is 0 Å². The summed E-state index contributed by atoms with van der Waals surface area (Å²) >= 11 is 7.36. The van der Waals surface area contributed by atoms with Crippen molar-refractivity contribution in [2.24, 2.45) is 0 Å². The van der Waals surface area contributed by atoms with E-state index >= 15 is 0 Å². The molecular formula is C15H16ClN3O2S. The van der Waals surface area contributed by atoms with Gasteiger partial charge in [-0.1, -0.05) is 11.6 Å². The summed E-state index contributed by atoms with van der Waals surface area (Å²) in [5.41, 5.74) is 1.07. The summed E-state index contributed by atoms with van der Waals surface area (Å²) in [7, 11) is 0. The van der Waals surface area contributed by atoms with Gasteiger partial charge in [0, 0.05) is 6.54 Å². The Morgan fingerprint density at radius 3 is 3.00 bits per heavy atom. The lowest BCUT2D eigenvalue weighted by Crippen LogP contribution is -2.45. The summed E-state index contributed by atoms with van der Waals surface area (Å²) in [5.74, 6) is 0.142. The second-order valence-electron chi connectivity index (χ2n) is 5.21. The number of hydrogen-bond acceptors (Lipinski definition) is 5. The van der Waals surface area contributed by atoms with Gasteiger partial charge in [0.15, 0.2) is 0 Å². The zero-order chi connectivity index (χ0) is 15.4. The number of piperidine rings is 1. The predicted octanol–water partition coefficient (Wildman–Crippen LogP) is 2.80. The van der Waals surface area contributed by atoms with Crippen molar-refractivity contribution in [2.75, 3.05) is 13.1 Å². The molecule has 3 rings (SSSR count). The summed E-state index contributed by atoms with van der Waals surface area (Å²) < 4.78 is 5.75. The zero-order valence-electron chi connectivity index (χ0n) is 11.9. The standard InChI is InChI=1S/C15H16ClN3O2S/c16-12-7-17-15(18-8-12)21-13-2-1-4-19(9-13)14(20)6-11-3-5-22-10-11/h3,5,7-8,10,13H,1-2,4,6,9H2. The first-order chi connectivity index (χ1) is 10.7. The normalized spacial score (nSPS) is 18.2. The molecule has 7 heteroatoms. The smallest absolute Gasteiger partial charge is 0.316 e. The van der Waals surface area contributed by atoms with E-state index in [1.165, 1.54) is 12.4 Å². The van der Waals surface area contributed by atoms with Crippen LogP contribution in [0.4, 0.5) is 0 Å². The summed E-state index contributed by atoms with van der Waals surface area (Å²) in [6, 6.07) is 2.30. The van der Waals surface area contributed by atoms with E-state index in [-0.39, 0.29) is 12.0 Å². The van der Waals surface area contributed by atoms with E-state index in [2.05, 4.69) is 9.97 Å². The molecule has 1 amide bonds. The molecule has 1 saturated heterocycles. The molecule has 1 fully saturated rings. The maximum Gasteiger partial charge on any atom is 0.316 e. The van der Waals surface area contributed by atoms with Gasteiger partial charge in [0.2, 0.25) is 5.91 Å². The molecule has 1 aliphatic heterocycles. The van der Waals surface area contributed by atoms with Crippen molar-refractivity contribution in [2.45, 2.75) is 25.4 Å². The monoisotopic (exact) mass is 337 g/mol. The lowest BCUT2D eigenvalue weighted by atomic mass is 10.1. The second-order valence-corrected chi connectivity index (χ2v) is 6.43. The lowest BCUT2D eigenvalue weighted by molar-refractivity contribution is -0.133. The van der Waals surface area contributed by atoms with Crippen molar-refractivity contribution in [3.8, 4) is 6.01 Å². The second kappa shape index (κ2) is 7.07. The first kappa shape index (κ1) is 15.2. The Morgan fingerprint density at radius 1 is 1.45 bits per heavy atom. The van der Waals surface area contributed by atoms with E-state index in [1.807, 2.05) is 21.7 Å². The Kier molecular flexibility index (Phi) is 4.90. The highest BCUT2D eigenvalue weighted by atomic mass is 35.5. The fraction of sp³-hybridized carbons (Fsp3) is 0.400. The zero-order valence-corrected chi connectivity index (χ0v) is 13.5. The first-order valence-corrected chi connectivity index (χ1v) is 8.46. The number of carbonyl (C=O) groups is 1. The molecule has 116 valence electrons. The largest absolute Gasteiger partial charge is 0.458 e. The Balaban J connectivity index is 1.56. The molecule has 0 aliphatic carbocycles. The number of halogens is 1. The molecule has 0 N–H and O–H groups in total. The van der Waals surface area contributed by atoms with Crippen LogP contribution in [0.15, 0.2) is 29.2 Å². The van der Waals surface area contributed by atoms with Crippen LogP contribution in [0.3, 0.4) is 0 Å². The molecule has 0 saturated carbocycles. The average Bonchev–Trinajstić information content (AvgIpc) is 3.03. The van der Waals surface area contributed by atoms with Crippen LogP contribution >= 0.6 is 22.9 Å². The van der Waals surface area contributed by atoms with Gasteiger partial charge in [-0.3, -0.25) is 4.79 Å². The molecule has 5 nitrogen and oxygen atoms in total. The Hall–Kier alpha value is -1.66. The van der Waals surface area contributed by atoms with E-state index in [4.69, 9.17) is 16.3 Å². The van der Waals surface area contributed by atoms with Crippen molar-refractivity contribution in [1.82, 2.24) is 14.9 Å². The van der Waals surface area contributed by atoms with Crippen LogP contribution < -0.4 is 4.74 Å². The topological polar surface area (TPSA) is 55.3 Å². The van der Waals surface area contributed by atoms with Gasteiger partial charge in [0.1, 0.15) is 6.10 Å². The maximum atomic E-state index is 12.3. The first-order valence-electron chi connectivity index (χ1n) is 7.14. The minimum Gasteiger partial charge on any atom is -0.458 e. The van der Waals surface area contributed by atoms with Crippen LogP contribution in [-0.2, 0) is 11.2 Å². The Bertz CT molecular complexity index is 618. The quantitative estimate of drug-likeness (QED) is 0.860. The summed E-state index contributed by atoms with van der Waals surface area (Å²) in [6.45, 7) is 1.36. The predicted molar refractivity (Wildman–Crippen MR) is 85.3 cm³/mol. The van der Waals surface area contributed by atoms with Crippen molar-refractivity contribution >= 4 is 28.8 Å². The van der Waals surface area contributed by atoms with Crippen molar-refractivity contribution in [3.63, 3.8) is 0 Å². The third-order valence-electron chi connectivity index (χ3n) is 3.54. The summed E-state index contributed by atoms with van der Waals surface area (Å²) in [5, 5.41) is 4.48. The van der Waals surface area contributed by atoms with Crippen LogP contribution in [0.1, 0.15) is 18.4 Å². The fourth-order valence-corrected chi connectivity index (χ4v) is 3.22. The van der Waals surface area contributed by atoms with Gasteiger partial charge < -0.3 is 9.64 Å². The number of hydrogen-bond donors (Lipinski definition) is 0. The molecule has 1 aliphatic rings. The molecule has 0 radical (unpaired) electrons. The van der Waals surface area contributed by atoms with Crippen LogP contribution in [0.2, 0.25) is 5.02 Å². The molecule has 22 heavy (non-hydrogen) atoms. The number of carbonyl (C=O) groups excluding carboxylic acids is 1. The fourth-order valence-electron chi connectivity index (χ4n) is 2.45. The molecular weight excluding hydrogens is 322 g/mol. The number of aromatic nitrogens is 2. The maximum absolute atomic E-state index is 12.3. The molecule has 2 aromatic rings. The van der Waals surface area contributed by atoms with Gasteiger partial charge in [-0.2, -0.15) is 11.3 Å². The van der Waals surface area contributed by atoms with Gasteiger partial charge in [0.25, 0.3) is 0 Å². The highest BCUT2D eigenvalue weighted by Gasteiger charge is 2.25. The molecule has 0 spiro atoms. The van der Waals surface area contributed by atoms with Gasteiger partial charge >= 0.3 is 6.01 Å². The van der Waals surface area contributed by atoms with Crippen molar-refractivity contribution < 1.29 is 9.53 Å². The van der Waals surface area contributed by atoms with Gasteiger partial charge in [-0.15, -0.1) is 0 Å². The number of nitrogens with zero attached hydrogens (tertiary/aromatic N) is 3. The number of rotatable bonds is 4. The van der Waals surface area contributed by atoms with Crippen LogP contribution in [0, 0.1) is 0 Å². The van der Waals surface area contributed by atoms with E-state index in [1.54, 1.807) is 11.3 Å². The van der Waals surface area contributed by atoms with Gasteiger partial charge in [-0.25, -0.2) is 9.97 Å². The van der Waals surface area contributed by atoms with Crippen molar-refractivity contribution in [1.29, 1.82) is 0 Å². The molecule has 2 aromatic heterocycles. The average molecular weight is 338 g/mol. The number of likely N-dealkylation sites (tertiary alicyclic amines) is 1. The summed E-state index contributed by atoms with van der Waals surface area (Å²) in [6.07, 6.45) is 5.22. The molecule has 0 aromatic carbocycles. The van der Waals surface area contributed by atoms with Crippen molar-refractivity contribution in [3.05, 3.63) is 39.8 Å². The lowest BCUT2D eigenvalue weighted by Gasteiger charge is -2.32. The van der Waals surface area contributed by atoms with Gasteiger partial charge in [-0.05, 0) is 35.2 Å². The van der Waals surface area contributed by atoms with E-state index < -0.39 is 0 Å². The highest BCUT2D eigenvalue weighted by molar-refractivity contribution is 7.08. The molecule has 3 heterocycles. The van der Waals surface area contributed by atoms with Crippen LogP contribution in [-0.4, -0.2) is 40.0 Å². The molecule has 0 bridgehead atoms. The Labute approximate surface area is 137 Å². The Morgan fingerprint density at radius 2 is 2.27 bits per heavy atom. The SMILES string of the molecule is O=C(Cc1ccsc1)N1CCCC(Oc2ncc(Cl)cn2)C1. The van der Waals surface area contributed by atoms with E-state index in [9.17, 15) is 4.79 Å². The van der Waals surface area contributed by atoms with E-state index in [0.29, 0.717) is 24.0 Å². The van der Waals surface area contributed by atoms with Crippen LogP contribution in [0.5, 0.6) is 6.01 Å². The summed E-state index contributed by atoms with van der Waals surface area (Å²) in [4.78, 5) is 22.3. The minimum atomic E-state index is -0.0682. The number of amides is 1. The third kappa shape index (κ3) is 3.96. The molecule has 1 atom stereocenters. The van der Waals surface area contributed by atoms with Gasteiger partial charge in [0.05, 0.1) is 30.4 Å². The number of ether oxygens (including phenoxy) is 1. The highest BCUT2D eigenvalue weighted by Crippen LogP contribution is 2.17. The number of thiophene rings is 1. The van der Waals surface area contributed by atoms with E-state index in [0.717, 1.165) is 24.9 Å². The molecule has 1 unspecified atom stereocenters. The third-order valence-corrected chi connectivity index (χ3v) is 4.46. The minimum absolute atomic E-state index is 0.0682.